The van der Waals surface area contributed by atoms with Crippen LogP contribution in [0.1, 0.15) is 16.7 Å². The minimum atomic E-state index is -4.76. The Kier molecular flexibility index (Phi) is 7.49. The molecule has 6 nitrogen and oxygen atoms in total. The molecule has 0 aromatic heterocycles. The molecule has 1 saturated heterocycles. The van der Waals surface area contributed by atoms with Crippen molar-refractivity contribution in [2.45, 2.75) is 12.8 Å². The molecule has 4 amide bonds. The smallest absolute Gasteiger partial charge is 0.416 e. The normalized spacial score (nSPS) is 15.2. The first-order chi connectivity index (χ1) is 17.5. The van der Waals surface area contributed by atoms with E-state index in [2.05, 4.69) is 0 Å². The number of para-hydroxylation sites is 1. The van der Waals surface area contributed by atoms with Crippen LogP contribution in [0.3, 0.4) is 0 Å². The summed E-state index contributed by atoms with van der Waals surface area (Å²) in [6.45, 7) is 0.0286. The highest BCUT2D eigenvalue weighted by atomic mass is 35.5. The topological polar surface area (TPSA) is 75.7 Å². The van der Waals surface area contributed by atoms with Crippen molar-refractivity contribution in [3.63, 3.8) is 0 Å². The maximum absolute atomic E-state index is 13.2. The zero-order chi connectivity index (χ0) is 26.9. The Morgan fingerprint density at radius 3 is 2.35 bits per heavy atom. The second-order valence-corrected chi connectivity index (χ2v) is 8.93. The van der Waals surface area contributed by atoms with Gasteiger partial charge in [0.15, 0.2) is 0 Å². The summed E-state index contributed by atoms with van der Waals surface area (Å²) in [4.78, 5) is 38.6. The molecule has 3 aromatic carbocycles. The lowest BCUT2D eigenvalue weighted by atomic mass is 10.1. The molecule has 0 aliphatic carbocycles. The van der Waals surface area contributed by atoms with E-state index in [4.69, 9.17) is 39.5 Å². The summed E-state index contributed by atoms with van der Waals surface area (Å²) in [5, 5.41) is 2.47. The number of halogens is 6. The molecule has 190 valence electrons. The second kappa shape index (κ2) is 10.5. The van der Waals surface area contributed by atoms with Crippen molar-refractivity contribution in [1.82, 2.24) is 5.32 Å². The minimum absolute atomic E-state index is 0.0286. The number of carbonyl (C=O) groups excluding carboxylic acids is 3. The van der Waals surface area contributed by atoms with Gasteiger partial charge in [-0.25, -0.2) is 9.69 Å². The number of carbonyl (C=O) groups is 3. The zero-order valence-corrected chi connectivity index (χ0v) is 20.7. The van der Waals surface area contributed by atoms with Crippen LogP contribution in [0.25, 0.3) is 6.08 Å². The van der Waals surface area contributed by atoms with Crippen molar-refractivity contribution < 1.29 is 32.3 Å². The number of hydrogen-bond acceptors (Lipinski definition) is 4. The Morgan fingerprint density at radius 2 is 1.65 bits per heavy atom. The molecule has 0 spiro atoms. The van der Waals surface area contributed by atoms with Gasteiger partial charge < -0.3 is 4.74 Å². The summed E-state index contributed by atoms with van der Waals surface area (Å²) in [7, 11) is 0. The number of hydrogen-bond donors (Lipinski definition) is 1. The summed E-state index contributed by atoms with van der Waals surface area (Å²) in [5.74, 6) is -1.93. The van der Waals surface area contributed by atoms with Gasteiger partial charge in [-0.15, -0.1) is 0 Å². The van der Waals surface area contributed by atoms with E-state index in [1.165, 1.54) is 0 Å². The average Bonchev–Trinajstić information content (AvgIpc) is 2.82. The fourth-order valence-electron chi connectivity index (χ4n) is 3.42. The molecule has 1 fully saturated rings. The molecule has 1 heterocycles. The van der Waals surface area contributed by atoms with Crippen LogP contribution in [0.5, 0.6) is 5.75 Å². The molecule has 0 atom stereocenters. The largest absolute Gasteiger partial charge is 0.488 e. The average molecular weight is 570 g/mol. The van der Waals surface area contributed by atoms with Crippen molar-refractivity contribution in [3.05, 3.63) is 98.0 Å². The fourth-order valence-corrected chi connectivity index (χ4v) is 4.08. The van der Waals surface area contributed by atoms with E-state index < -0.39 is 40.8 Å². The van der Waals surface area contributed by atoms with Crippen molar-refractivity contribution in [2.24, 2.45) is 0 Å². The molecule has 1 aliphatic heterocycles. The van der Waals surface area contributed by atoms with Crippen molar-refractivity contribution in [2.75, 3.05) is 4.90 Å². The van der Waals surface area contributed by atoms with Crippen LogP contribution in [0, 0.1) is 0 Å². The SMILES string of the molecule is O=C1NC(=O)N(c2cc(C(F)(F)F)ccc2Cl)C(=O)/C1=C\c1ccccc1OCc1ccc(Cl)cc1Cl. The standard InChI is InChI=1S/C25H14Cl3F3N2O4/c26-16-7-5-14(19(28)11-16)12-37-21-4-2-1-3-13(21)9-17-22(34)32-24(36)33(23(17)35)20-10-15(25(29,30)31)6-8-18(20)27/h1-11H,12H2,(H,32,34,36)/b17-9-. The molecule has 37 heavy (non-hydrogen) atoms. The molecule has 0 bridgehead atoms. The lowest BCUT2D eigenvalue weighted by Gasteiger charge is -2.27. The monoisotopic (exact) mass is 568 g/mol. The number of anilines is 1. The van der Waals surface area contributed by atoms with Crippen LogP contribution in [0.15, 0.2) is 66.2 Å². The molecule has 0 saturated carbocycles. The van der Waals surface area contributed by atoms with Gasteiger partial charge in [-0.1, -0.05) is 59.1 Å². The van der Waals surface area contributed by atoms with Crippen LogP contribution in [-0.2, 0) is 22.4 Å². The van der Waals surface area contributed by atoms with Gasteiger partial charge in [-0.05, 0) is 42.5 Å². The maximum atomic E-state index is 13.2. The lowest BCUT2D eigenvalue weighted by molar-refractivity contribution is -0.137. The van der Waals surface area contributed by atoms with Gasteiger partial charge in [0.25, 0.3) is 11.8 Å². The summed E-state index contributed by atoms with van der Waals surface area (Å²) < 4.78 is 45.5. The van der Waals surface area contributed by atoms with Gasteiger partial charge in [0.1, 0.15) is 17.9 Å². The highest BCUT2D eigenvalue weighted by molar-refractivity contribution is 6.42. The number of nitrogens with one attached hydrogen (secondary N) is 1. The third-order valence-electron chi connectivity index (χ3n) is 5.23. The Bertz CT molecular complexity index is 1460. The van der Waals surface area contributed by atoms with Gasteiger partial charge in [0.05, 0.1) is 16.3 Å². The molecule has 4 rings (SSSR count). The Balaban J connectivity index is 1.68. The number of amides is 4. The maximum Gasteiger partial charge on any atom is 0.416 e. The molecule has 12 heteroatoms. The molecule has 1 N–H and O–H groups in total. The van der Waals surface area contributed by atoms with Crippen LogP contribution < -0.4 is 15.0 Å². The number of nitrogens with zero attached hydrogens (tertiary/aromatic N) is 1. The quantitative estimate of drug-likeness (QED) is 0.268. The second-order valence-electron chi connectivity index (χ2n) is 7.68. The third kappa shape index (κ3) is 5.74. The molecule has 0 unspecified atom stereocenters. The van der Waals surface area contributed by atoms with E-state index in [-0.39, 0.29) is 22.9 Å². The summed E-state index contributed by atoms with van der Waals surface area (Å²) in [6, 6.07) is 12.2. The van der Waals surface area contributed by atoms with E-state index in [1.807, 2.05) is 5.32 Å². The van der Waals surface area contributed by atoms with E-state index in [0.717, 1.165) is 12.1 Å². The van der Waals surface area contributed by atoms with Crippen molar-refractivity contribution in [1.29, 1.82) is 0 Å². The Hall–Kier alpha value is -3.53. The first-order valence-electron chi connectivity index (χ1n) is 10.4. The van der Waals surface area contributed by atoms with Crippen molar-refractivity contribution >= 4 is 64.4 Å². The van der Waals surface area contributed by atoms with E-state index in [1.54, 1.807) is 42.5 Å². The van der Waals surface area contributed by atoms with Gasteiger partial charge in [0, 0.05) is 21.2 Å². The number of benzene rings is 3. The van der Waals surface area contributed by atoms with Crippen LogP contribution in [0.2, 0.25) is 15.1 Å². The number of barbiturate groups is 1. The molecular formula is C25H14Cl3F3N2O4. The Morgan fingerprint density at radius 1 is 0.919 bits per heavy atom. The first kappa shape index (κ1) is 26.5. The van der Waals surface area contributed by atoms with Crippen LogP contribution in [-0.4, -0.2) is 17.8 Å². The molecular weight excluding hydrogens is 556 g/mol. The minimum Gasteiger partial charge on any atom is -0.488 e. The highest BCUT2D eigenvalue weighted by Gasteiger charge is 2.39. The van der Waals surface area contributed by atoms with Gasteiger partial charge in [-0.3, -0.25) is 14.9 Å². The highest BCUT2D eigenvalue weighted by Crippen LogP contribution is 2.37. The van der Waals surface area contributed by atoms with Gasteiger partial charge >= 0.3 is 12.2 Å². The number of urea groups is 1. The lowest BCUT2D eigenvalue weighted by Crippen LogP contribution is -2.54. The third-order valence-corrected chi connectivity index (χ3v) is 6.14. The zero-order valence-electron chi connectivity index (χ0n) is 18.4. The van der Waals surface area contributed by atoms with Gasteiger partial charge in [0.2, 0.25) is 0 Å². The van der Waals surface area contributed by atoms with Crippen LogP contribution >= 0.6 is 34.8 Å². The van der Waals surface area contributed by atoms with E-state index >= 15 is 0 Å². The van der Waals surface area contributed by atoms with E-state index in [0.29, 0.717) is 32.6 Å². The van der Waals surface area contributed by atoms with E-state index in [9.17, 15) is 27.6 Å². The Labute approximate surface area is 223 Å². The predicted octanol–water partition coefficient (Wildman–Crippen LogP) is 6.91. The molecule has 0 radical (unpaired) electrons. The van der Waals surface area contributed by atoms with Crippen molar-refractivity contribution in [3.8, 4) is 5.75 Å². The number of rotatable bonds is 5. The molecule has 1 aliphatic rings. The number of imide groups is 2. The number of ether oxygens (including phenoxy) is 1. The summed E-state index contributed by atoms with van der Waals surface area (Å²) in [6.07, 6.45) is -3.59. The molecule has 3 aromatic rings. The summed E-state index contributed by atoms with van der Waals surface area (Å²) >= 11 is 18.1. The fraction of sp³-hybridized carbons (Fsp3) is 0.0800. The first-order valence-corrected chi connectivity index (χ1v) is 11.5. The predicted molar refractivity (Wildman–Crippen MR) is 133 cm³/mol. The summed E-state index contributed by atoms with van der Waals surface area (Å²) in [5.41, 5.74) is -1.27. The van der Waals surface area contributed by atoms with Gasteiger partial charge in [-0.2, -0.15) is 13.2 Å². The number of alkyl halides is 3. The van der Waals surface area contributed by atoms with Crippen LogP contribution in [0.4, 0.5) is 23.7 Å².